The predicted octanol–water partition coefficient (Wildman–Crippen LogP) is -1.15. The summed E-state index contributed by atoms with van der Waals surface area (Å²) >= 11 is 0. The van der Waals surface area contributed by atoms with Crippen LogP contribution in [0.2, 0.25) is 0 Å². The van der Waals surface area contributed by atoms with Gasteiger partial charge in [0.2, 0.25) is 11.9 Å². The zero-order chi connectivity index (χ0) is 15.7. The predicted molar refractivity (Wildman–Crippen MR) is 80.4 cm³/mol. The van der Waals surface area contributed by atoms with Gasteiger partial charge >= 0.3 is 12.2 Å². The lowest BCUT2D eigenvalue weighted by Crippen LogP contribution is -2.44. The van der Waals surface area contributed by atoms with Crippen molar-refractivity contribution in [3.8, 4) is 0 Å². The van der Waals surface area contributed by atoms with Crippen molar-refractivity contribution in [2.75, 3.05) is 19.6 Å². The van der Waals surface area contributed by atoms with E-state index in [-0.39, 0.29) is 24.5 Å². The van der Waals surface area contributed by atoms with Gasteiger partial charge in [0.25, 0.3) is 0 Å². The highest BCUT2D eigenvalue weighted by Gasteiger charge is 2.17. The van der Waals surface area contributed by atoms with Gasteiger partial charge in [-0.25, -0.2) is 14.6 Å². The SMILES string of the molecule is O=C(CN=C(NC(=O)OP)NC(=O)OP)N[C@H]1CCNC1. The van der Waals surface area contributed by atoms with Gasteiger partial charge in [-0.15, -0.1) is 0 Å². The zero-order valence-corrected chi connectivity index (χ0v) is 13.4. The molecular formula is C9H17N5O5P2. The summed E-state index contributed by atoms with van der Waals surface area (Å²) in [5.41, 5.74) is 0. The Kier molecular flexibility index (Phi) is 7.89. The molecule has 1 aliphatic rings. The Morgan fingerprint density at radius 2 is 1.81 bits per heavy atom. The number of amides is 3. The smallest absolute Gasteiger partial charge is 0.416 e. The summed E-state index contributed by atoms with van der Waals surface area (Å²) in [4.78, 5) is 37.6. The molecule has 1 aliphatic heterocycles. The molecular weight excluding hydrogens is 320 g/mol. The van der Waals surface area contributed by atoms with Crippen molar-refractivity contribution < 1.29 is 23.4 Å². The number of nitrogens with one attached hydrogen (secondary N) is 4. The van der Waals surface area contributed by atoms with Gasteiger partial charge in [0.15, 0.2) is 0 Å². The number of hydrogen-bond donors (Lipinski definition) is 4. The van der Waals surface area contributed by atoms with Crippen LogP contribution in [0.3, 0.4) is 0 Å². The van der Waals surface area contributed by atoms with Crippen molar-refractivity contribution >= 4 is 43.0 Å². The summed E-state index contributed by atoms with van der Waals surface area (Å²) in [6.07, 6.45) is -0.899. The highest BCUT2D eigenvalue weighted by atomic mass is 31.0. The van der Waals surface area contributed by atoms with Gasteiger partial charge < -0.3 is 19.7 Å². The molecule has 1 saturated heterocycles. The number of carbonyl (C=O) groups is 3. The molecule has 3 amide bonds. The topological polar surface area (TPSA) is 130 Å². The Morgan fingerprint density at radius 1 is 1.19 bits per heavy atom. The maximum absolute atomic E-state index is 11.7. The molecule has 10 nitrogen and oxygen atoms in total. The average molecular weight is 337 g/mol. The van der Waals surface area contributed by atoms with Gasteiger partial charge in [-0.1, -0.05) is 0 Å². The second kappa shape index (κ2) is 9.44. The lowest BCUT2D eigenvalue weighted by Gasteiger charge is -2.11. The Hall–Kier alpha value is -1.50. The van der Waals surface area contributed by atoms with E-state index in [1.54, 1.807) is 18.9 Å². The number of rotatable bonds is 3. The van der Waals surface area contributed by atoms with Gasteiger partial charge in [0.05, 0.1) is 18.9 Å². The number of hydrogen-bond acceptors (Lipinski definition) is 7. The molecule has 1 rings (SSSR count). The van der Waals surface area contributed by atoms with Crippen LogP contribution in [0.4, 0.5) is 9.59 Å². The molecule has 0 saturated carbocycles. The maximum Gasteiger partial charge on any atom is 0.416 e. The van der Waals surface area contributed by atoms with Gasteiger partial charge in [-0.05, 0) is 13.0 Å². The summed E-state index contributed by atoms with van der Waals surface area (Å²) in [5, 5.41) is 10.1. The fourth-order valence-electron chi connectivity index (χ4n) is 1.56. The van der Waals surface area contributed by atoms with Crippen molar-refractivity contribution in [2.24, 2.45) is 4.99 Å². The van der Waals surface area contributed by atoms with E-state index in [1.807, 2.05) is 0 Å². The Bertz CT molecular complexity index is 407. The van der Waals surface area contributed by atoms with Crippen LogP contribution in [0.5, 0.6) is 0 Å². The average Bonchev–Trinajstić information content (AvgIpc) is 2.97. The maximum atomic E-state index is 11.7. The molecule has 12 heteroatoms. The number of nitrogens with zero attached hydrogens (tertiary/aromatic N) is 1. The molecule has 0 bridgehead atoms. The number of carbonyl (C=O) groups excluding carboxylic acids is 3. The third-order valence-electron chi connectivity index (χ3n) is 2.46. The molecule has 0 aromatic carbocycles. The molecule has 0 radical (unpaired) electrons. The minimum atomic E-state index is -0.872. The van der Waals surface area contributed by atoms with Crippen LogP contribution in [0.25, 0.3) is 0 Å². The first-order chi connectivity index (χ1) is 10.0. The van der Waals surface area contributed by atoms with E-state index in [9.17, 15) is 14.4 Å². The lowest BCUT2D eigenvalue weighted by atomic mass is 10.2. The minimum absolute atomic E-state index is 0.0612. The molecule has 3 atom stereocenters. The van der Waals surface area contributed by atoms with Crippen molar-refractivity contribution in [3.05, 3.63) is 0 Å². The normalized spacial score (nSPS) is 16.6. The van der Waals surface area contributed by atoms with Gasteiger partial charge in [-0.3, -0.25) is 15.4 Å². The molecule has 0 aliphatic carbocycles. The standard InChI is InChI=1S/C9H17N5O5P2/c15-6(12-5-1-2-10-3-5)4-11-7(13-8(16)18-20)14-9(17)19-21/h5,10H,1-4,20-21H2,(H,12,15)(H2,11,13,14,16,17)/t5-/m0/s1. The fourth-order valence-corrected chi connectivity index (χ4v) is 1.68. The molecule has 1 heterocycles. The highest BCUT2D eigenvalue weighted by molar-refractivity contribution is 7.11. The molecule has 118 valence electrons. The molecule has 21 heavy (non-hydrogen) atoms. The van der Waals surface area contributed by atoms with Crippen molar-refractivity contribution in [3.63, 3.8) is 0 Å². The van der Waals surface area contributed by atoms with Gasteiger partial charge in [0, 0.05) is 12.6 Å². The van der Waals surface area contributed by atoms with Crippen molar-refractivity contribution in [1.29, 1.82) is 0 Å². The molecule has 0 aromatic rings. The third kappa shape index (κ3) is 7.17. The molecule has 1 fully saturated rings. The summed E-state index contributed by atoms with van der Waals surface area (Å²) in [5.74, 6) is -0.585. The van der Waals surface area contributed by atoms with Crippen LogP contribution in [0.15, 0.2) is 4.99 Å². The fraction of sp³-hybridized carbons (Fsp3) is 0.556. The van der Waals surface area contributed by atoms with E-state index in [4.69, 9.17) is 0 Å². The second-order valence-corrected chi connectivity index (χ2v) is 4.45. The third-order valence-corrected chi connectivity index (χ3v) is 2.89. The molecule has 0 spiro atoms. The first-order valence-corrected chi connectivity index (χ1v) is 6.89. The lowest BCUT2D eigenvalue weighted by molar-refractivity contribution is -0.120. The number of aliphatic imine (C=N–C) groups is 1. The van der Waals surface area contributed by atoms with E-state index >= 15 is 0 Å². The Morgan fingerprint density at radius 3 is 2.29 bits per heavy atom. The Balaban J connectivity index is 2.52. The van der Waals surface area contributed by atoms with E-state index < -0.39 is 12.2 Å². The number of guanidine groups is 1. The first kappa shape index (κ1) is 17.6. The van der Waals surface area contributed by atoms with E-state index in [1.165, 1.54) is 0 Å². The largest absolute Gasteiger partial charge is 0.435 e. The van der Waals surface area contributed by atoms with Crippen LogP contribution in [-0.4, -0.2) is 49.7 Å². The zero-order valence-electron chi connectivity index (χ0n) is 11.0. The molecule has 0 aromatic heterocycles. The molecule has 2 unspecified atom stereocenters. The van der Waals surface area contributed by atoms with Gasteiger partial charge in [0.1, 0.15) is 6.54 Å². The van der Waals surface area contributed by atoms with Crippen molar-refractivity contribution in [1.82, 2.24) is 21.3 Å². The van der Waals surface area contributed by atoms with E-state index in [0.717, 1.165) is 13.0 Å². The van der Waals surface area contributed by atoms with E-state index in [0.29, 0.717) is 6.54 Å². The summed E-state index contributed by atoms with van der Waals surface area (Å²) in [6, 6.07) is 0.0612. The van der Waals surface area contributed by atoms with Crippen LogP contribution in [0, 0.1) is 0 Å². The minimum Gasteiger partial charge on any atom is -0.435 e. The highest BCUT2D eigenvalue weighted by Crippen LogP contribution is 1.96. The summed E-state index contributed by atoms with van der Waals surface area (Å²) in [6.45, 7) is 1.29. The summed E-state index contributed by atoms with van der Waals surface area (Å²) in [7, 11) is 3.47. The first-order valence-electron chi connectivity index (χ1n) is 5.95. The van der Waals surface area contributed by atoms with E-state index in [2.05, 4.69) is 35.3 Å². The quantitative estimate of drug-likeness (QED) is 0.292. The molecule has 4 N–H and O–H groups in total. The van der Waals surface area contributed by atoms with Crippen LogP contribution >= 0.6 is 18.9 Å². The van der Waals surface area contributed by atoms with Crippen LogP contribution in [-0.2, 0) is 13.8 Å². The van der Waals surface area contributed by atoms with Gasteiger partial charge in [-0.2, -0.15) is 0 Å². The second-order valence-electron chi connectivity index (χ2n) is 3.98. The van der Waals surface area contributed by atoms with Crippen molar-refractivity contribution in [2.45, 2.75) is 12.5 Å². The summed E-state index contributed by atoms with van der Waals surface area (Å²) < 4.78 is 8.58. The van der Waals surface area contributed by atoms with Crippen LogP contribution < -0.4 is 21.3 Å². The van der Waals surface area contributed by atoms with Crippen LogP contribution in [0.1, 0.15) is 6.42 Å². The monoisotopic (exact) mass is 337 g/mol. The Labute approximate surface area is 125 Å².